The van der Waals surface area contributed by atoms with Crippen molar-refractivity contribution in [1.29, 1.82) is 0 Å². The molecule has 0 radical (unpaired) electrons. The van der Waals surface area contributed by atoms with E-state index in [1.54, 1.807) is 6.07 Å². The Hall–Kier alpha value is -1.91. The normalized spacial score (nSPS) is 10.8. The smallest absolute Gasteiger partial charge is 0.146 e. The van der Waals surface area contributed by atoms with Gasteiger partial charge in [-0.3, -0.25) is 0 Å². The van der Waals surface area contributed by atoms with Crippen molar-refractivity contribution in [3.05, 3.63) is 65.0 Å². The van der Waals surface area contributed by atoms with E-state index in [0.29, 0.717) is 25.3 Å². The summed E-state index contributed by atoms with van der Waals surface area (Å²) in [6, 6.07) is 13.6. The van der Waals surface area contributed by atoms with Crippen molar-refractivity contribution >= 4 is 5.69 Å². The molecule has 0 heterocycles. The maximum Gasteiger partial charge on any atom is 0.146 e. The van der Waals surface area contributed by atoms with Gasteiger partial charge in [-0.25, -0.2) is 4.39 Å². The van der Waals surface area contributed by atoms with Gasteiger partial charge in [0.15, 0.2) is 0 Å². The number of halogens is 1. The average Bonchev–Trinajstić information content (AvgIpc) is 2.56. The molecule has 0 aliphatic rings. The number of aliphatic hydroxyl groups excluding tert-OH is 1. The fourth-order valence-electron chi connectivity index (χ4n) is 2.54. The van der Waals surface area contributed by atoms with Crippen molar-refractivity contribution in [1.82, 2.24) is 5.32 Å². The Balaban J connectivity index is 1.98. The van der Waals surface area contributed by atoms with Gasteiger partial charge in [0.1, 0.15) is 5.82 Å². The van der Waals surface area contributed by atoms with E-state index in [1.165, 1.54) is 17.2 Å². The molecular weight excluding hydrogens is 291 g/mol. The largest absolute Gasteiger partial charge is 0.395 e. The molecule has 0 aliphatic carbocycles. The standard InChI is InChI=1S/C19H25FN2O/c1-3-22(10-11-23)19-12-17(8-9-18(19)20)14-21-13-16-6-4-15(2)5-7-16/h4-9,12,21,23H,3,10-11,13-14H2,1-2H3. The lowest BCUT2D eigenvalue weighted by atomic mass is 10.1. The molecule has 2 N–H and O–H groups in total. The Kier molecular flexibility index (Phi) is 6.56. The lowest BCUT2D eigenvalue weighted by Crippen LogP contribution is -2.27. The molecular formula is C19H25FN2O. The molecule has 0 amide bonds. The first kappa shape index (κ1) is 17.4. The number of hydrogen-bond acceptors (Lipinski definition) is 3. The fourth-order valence-corrected chi connectivity index (χ4v) is 2.54. The molecule has 2 rings (SSSR count). The second-order valence-electron chi connectivity index (χ2n) is 5.68. The van der Waals surface area contributed by atoms with Crippen molar-refractivity contribution < 1.29 is 9.50 Å². The first-order valence-corrected chi connectivity index (χ1v) is 8.04. The number of nitrogens with zero attached hydrogens (tertiary/aromatic N) is 1. The quantitative estimate of drug-likeness (QED) is 0.785. The number of likely N-dealkylation sites (N-methyl/N-ethyl adjacent to an activating group) is 1. The van der Waals surface area contributed by atoms with Crippen LogP contribution < -0.4 is 10.2 Å². The summed E-state index contributed by atoms with van der Waals surface area (Å²) >= 11 is 0. The highest BCUT2D eigenvalue weighted by Crippen LogP contribution is 2.21. The van der Waals surface area contributed by atoms with Crippen LogP contribution in [0.4, 0.5) is 10.1 Å². The summed E-state index contributed by atoms with van der Waals surface area (Å²) < 4.78 is 14.0. The molecule has 0 saturated heterocycles. The van der Waals surface area contributed by atoms with Crippen molar-refractivity contribution in [3.63, 3.8) is 0 Å². The van der Waals surface area contributed by atoms with Crippen LogP contribution in [0.15, 0.2) is 42.5 Å². The number of aliphatic hydroxyl groups is 1. The molecule has 0 unspecified atom stereocenters. The average molecular weight is 316 g/mol. The molecule has 3 nitrogen and oxygen atoms in total. The van der Waals surface area contributed by atoms with Crippen LogP contribution >= 0.6 is 0 Å². The highest BCUT2D eigenvalue weighted by molar-refractivity contribution is 5.50. The highest BCUT2D eigenvalue weighted by Gasteiger charge is 2.10. The van der Waals surface area contributed by atoms with Crippen molar-refractivity contribution in [3.8, 4) is 0 Å². The second-order valence-corrected chi connectivity index (χ2v) is 5.68. The number of rotatable bonds is 8. The van der Waals surface area contributed by atoms with E-state index in [4.69, 9.17) is 5.11 Å². The van der Waals surface area contributed by atoms with Gasteiger partial charge in [0.2, 0.25) is 0 Å². The van der Waals surface area contributed by atoms with E-state index in [9.17, 15) is 4.39 Å². The van der Waals surface area contributed by atoms with Gasteiger partial charge in [0, 0.05) is 26.2 Å². The maximum absolute atomic E-state index is 14.0. The zero-order valence-corrected chi connectivity index (χ0v) is 13.8. The zero-order valence-electron chi connectivity index (χ0n) is 13.8. The Morgan fingerprint density at radius 1 is 1.04 bits per heavy atom. The van der Waals surface area contributed by atoms with Crippen molar-refractivity contribution in [2.45, 2.75) is 26.9 Å². The fraction of sp³-hybridized carbons (Fsp3) is 0.368. The molecule has 23 heavy (non-hydrogen) atoms. The van der Waals surface area contributed by atoms with Gasteiger partial charge < -0.3 is 15.3 Å². The molecule has 0 spiro atoms. The summed E-state index contributed by atoms with van der Waals surface area (Å²) in [5.41, 5.74) is 4.06. The maximum atomic E-state index is 14.0. The summed E-state index contributed by atoms with van der Waals surface area (Å²) in [6.07, 6.45) is 0. The third kappa shape index (κ3) is 5.05. The molecule has 0 aromatic heterocycles. The number of anilines is 1. The summed E-state index contributed by atoms with van der Waals surface area (Å²) in [5, 5.41) is 12.5. The molecule has 0 fully saturated rings. The molecule has 2 aromatic rings. The molecule has 2 aromatic carbocycles. The van der Waals surface area contributed by atoms with Crippen LogP contribution in [-0.2, 0) is 13.1 Å². The minimum atomic E-state index is -0.248. The van der Waals surface area contributed by atoms with E-state index >= 15 is 0 Å². The minimum Gasteiger partial charge on any atom is -0.395 e. The first-order valence-electron chi connectivity index (χ1n) is 8.04. The lowest BCUT2D eigenvalue weighted by molar-refractivity contribution is 0.302. The van der Waals surface area contributed by atoms with Gasteiger partial charge in [-0.05, 0) is 37.1 Å². The zero-order chi connectivity index (χ0) is 16.7. The molecule has 4 heteroatoms. The third-order valence-electron chi connectivity index (χ3n) is 3.88. The summed E-state index contributed by atoms with van der Waals surface area (Å²) in [7, 11) is 0. The molecule has 124 valence electrons. The van der Waals surface area contributed by atoms with Gasteiger partial charge in [-0.1, -0.05) is 35.9 Å². The third-order valence-corrected chi connectivity index (χ3v) is 3.88. The SMILES string of the molecule is CCN(CCO)c1cc(CNCc2ccc(C)cc2)ccc1F. The summed E-state index contributed by atoms with van der Waals surface area (Å²) in [4.78, 5) is 1.85. The van der Waals surface area contributed by atoms with E-state index in [-0.39, 0.29) is 12.4 Å². The van der Waals surface area contributed by atoms with Crippen LogP contribution in [0.25, 0.3) is 0 Å². The van der Waals surface area contributed by atoms with Gasteiger partial charge >= 0.3 is 0 Å². The van der Waals surface area contributed by atoms with E-state index in [2.05, 4.69) is 36.5 Å². The topological polar surface area (TPSA) is 35.5 Å². The van der Waals surface area contributed by atoms with E-state index in [0.717, 1.165) is 12.1 Å². The predicted molar refractivity (Wildman–Crippen MR) is 93.1 cm³/mol. The number of aryl methyl sites for hydroxylation is 1. The van der Waals surface area contributed by atoms with Crippen molar-refractivity contribution in [2.75, 3.05) is 24.6 Å². The van der Waals surface area contributed by atoms with Gasteiger partial charge in [-0.15, -0.1) is 0 Å². The Morgan fingerprint density at radius 2 is 1.70 bits per heavy atom. The number of hydrogen-bond donors (Lipinski definition) is 2. The van der Waals surface area contributed by atoms with Crippen LogP contribution in [-0.4, -0.2) is 24.8 Å². The summed E-state index contributed by atoms with van der Waals surface area (Å²) in [6.45, 7) is 6.61. The Labute approximate surface area is 137 Å². The molecule has 0 atom stereocenters. The predicted octanol–water partition coefficient (Wildman–Crippen LogP) is 3.24. The van der Waals surface area contributed by atoms with Gasteiger partial charge in [-0.2, -0.15) is 0 Å². The highest BCUT2D eigenvalue weighted by atomic mass is 19.1. The van der Waals surface area contributed by atoms with Crippen LogP contribution in [0.3, 0.4) is 0 Å². The first-order chi connectivity index (χ1) is 11.1. The van der Waals surface area contributed by atoms with Gasteiger partial charge in [0.05, 0.1) is 12.3 Å². The van der Waals surface area contributed by atoms with Crippen LogP contribution in [0.1, 0.15) is 23.6 Å². The summed E-state index contributed by atoms with van der Waals surface area (Å²) in [5.74, 6) is -0.248. The van der Waals surface area contributed by atoms with Gasteiger partial charge in [0.25, 0.3) is 0 Å². The minimum absolute atomic E-state index is 0.0170. The molecule has 0 bridgehead atoms. The van der Waals surface area contributed by atoms with Crippen molar-refractivity contribution in [2.24, 2.45) is 0 Å². The number of nitrogens with one attached hydrogen (secondary N) is 1. The van der Waals surface area contributed by atoms with E-state index < -0.39 is 0 Å². The van der Waals surface area contributed by atoms with Crippen LogP contribution in [0.2, 0.25) is 0 Å². The number of benzene rings is 2. The van der Waals surface area contributed by atoms with E-state index in [1.807, 2.05) is 17.9 Å². The van der Waals surface area contributed by atoms with Crippen LogP contribution in [0.5, 0.6) is 0 Å². The Morgan fingerprint density at radius 3 is 2.35 bits per heavy atom. The molecule has 0 aliphatic heterocycles. The second kappa shape index (κ2) is 8.65. The Bertz CT molecular complexity index is 613. The van der Waals surface area contributed by atoms with Crippen LogP contribution in [0, 0.1) is 12.7 Å². The lowest BCUT2D eigenvalue weighted by Gasteiger charge is -2.23. The monoisotopic (exact) mass is 316 g/mol. The molecule has 0 saturated carbocycles.